The normalized spacial score (nSPS) is 11.5. The maximum absolute atomic E-state index is 12.2. The Hall–Kier alpha value is -6.04. The van der Waals surface area contributed by atoms with Crippen LogP contribution in [0.25, 0.3) is 33.1 Å². The van der Waals surface area contributed by atoms with Crippen molar-refractivity contribution >= 4 is 132 Å². The summed E-state index contributed by atoms with van der Waals surface area (Å²) < 4.78 is 164. The fourth-order valence-corrected chi connectivity index (χ4v) is 5.46. The van der Waals surface area contributed by atoms with E-state index in [0.717, 1.165) is 31.4 Å². The molecular weight excluding hydrogens is 1190 g/mol. The van der Waals surface area contributed by atoms with Crippen molar-refractivity contribution in [1.82, 2.24) is 29.9 Å². The van der Waals surface area contributed by atoms with Gasteiger partial charge in [-0.1, -0.05) is 93.9 Å². The van der Waals surface area contributed by atoms with E-state index in [1.54, 1.807) is 0 Å². The van der Waals surface area contributed by atoms with Crippen LogP contribution in [0.5, 0.6) is 23.0 Å². The number of para-hydroxylation sites is 4. The molecule has 0 amide bonds. The van der Waals surface area contributed by atoms with E-state index < -0.39 is 73.8 Å². The van der Waals surface area contributed by atoms with Crippen LogP contribution in [0.1, 0.15) is 27.1 Å². The Bertz CT molecular complexity index is 3060. The van der Waals surface area contributed by atoms with E-state index in [1.807, 2.05) is 0 Å². The number of alkyl halides is 18. The number of nitrogens with zero attached hydrogens (tertiary/aromatic N) is 3. The second-order valence-electron chi connectivity index (χ2n) is 13.0. The Kier molecular flexibility index (Phi) is 24.4. The van der Waals surface area contributed by atoms with Gasteiger partial charge in [-0.05, 0) is 48.5 Å². The zero-order valence-corrected chi connectivity index (χ0v) is 41.9. The molecule has 76 heavy (non-hydrogen) atoms. The van der Waals surface area contributed by atoms with Gasteiger partial charge >= 0.3 is 56.2 Å². The van der Waals surface area contributed by atoms with E-state index in [0.29, 0.717) is 0 Å². The number of H-pyrrole nitrogens is 3. The number of benzene rings is 4. The third-order valence-electron chi connectivity index (χ3n) is 7.74. The third-order valence-corrected chi connectivity index (χ3v) is 8.79. The molecule has 0 unspecified atom stereocenters. The summed E-state index contributed by atoms with van der Waals surface area (Å²) in [6.07, 6.45) is -19.2. The van der Waals surface area contributed by atoms with Crippen molar-refractivity contribution in [2.75, 3.05) is 25.7 Å². The quantitative estimate of drug-likeness (QED) is 0.0155. The SMILES string of the molecule is COC(=N)C(Cl)(Cl)Cl.COC(=O)c1nc2c(OC(F)(F)F)cccc2[nH]1.FC(F)(F)Oc1cccc2[nH]c(C(Cl)(Cl)Cl)nc12.Nc1cccc(OC(F)(F)F)c1N.O=C(O)c1nc2c(OC(F)(F)F)cccc2[nH]1.[Li+].[OH-]. The number of aromatic nitrogens is 6. The van der Waals surface area contributed by atoms with Gasteiger partial charge < -0.3 is 65.4 Å². The predicted molar refractivity (Wildman–Crippen MR) is 245 cm³/mol. The fourth-order valence-electron chi connectivity index (χ4n) is 4.96. The summed E-state index contributed by atoms with van der Waals surface area (Å²) in [5.41, 5.74) is 10.7. The zero-order valence-electron chi connectivity index (χ0n) is 37.4. The van der Waals surface area contributed by atoms with E-state index in [9.17, 15) is 62.3 Å². The van der Waals surface area contributed by atoms with Gasteiger partial charge in [0.25, 0.3) is 3.79 Å². The van der Waals surface area contributed by atoms with E-state index in [-0.39, 0.29) is 86.4 Å². The van der Waals surface area contributed by atoms with Crippen molar-refractivity contribution in [2.24, 2.45) is 0 Å². The first-order valence-electron chi connectivity index (χ1n) is 18.5. The molecule has 3 aromatic heterocycles. The molecular formula is C38H28Cl6F12LiN9O10. The first-order chi connectivity index (χ1) is 33.8. The van der Waals surface area contributed by atoms with Crippen LogP contribution in [0.2, 0.25) is 0 Å². The standard InChI is InChI=1S/C10H7F3N2O3.C9H4Cl3F3N2O.C9H5F3N2O3.C7H7F3N2O.C3H4Cl3NO.Li.H2O/c1-17-9(16)8-14-5-3-2-4-6(7(5)15-8)18-10(11,12)13;10-8(11,12)7-16-4-2-1-3-5(6(4)17-7)18-9(13,14)15;10-9(11,12)17-5-3-1-2-4-6(5)14-7(13-4)8(15)16;8-7(9,10)13-5-3-1-2-4(11)6(5)12;1-8-2(7)3(4,5)6;;/h2-4H,1H3,(H,14,15);1-3H,(H,16,17);1-3H,(H,13,14)(H,15,16);1-3H,11-12H2;7H,1H3;;1H2/q;;;;;+1;/p-1. The number of carbonyl (C=O) groups is 2. The number of esters is 1. The molecule has 0 spiro atoms. The van der Waals surface area contributed by atoms with Crippen LogP contribution >= 0.6 is 69.6 Å². The van der Waals surface area contributed by atoms with E-state index in [2.05, 4.69) is 58.3 Å². The molecule has 0 aliphatic rings. The molecule has 4 aromatic carbocycles. The number of carboxylic acids is 1. The van der Waals surface area contributed by atoms with Crippen LogP contribution in [0.15, 0.2) is 72.8 Å². The van der Waals surface area contributed by atoms with E-state index in [1.165, 1.54) is 55.6 Å². The van der Waals surface area contributed by atoms with Gasteiger partial charge in [-0.15, -0.1) is 52.7 Å². The molecule has 0 fully saturated rings. The number of rotatable bonds is 6. The maximum Gasteiger partial charge on any atom is 1.00 e. The minimum absolute atomic E-state index is 0. The number of imidazole rings is 3. The molecule has 0 bridgehead atoms. The number of halogens is 18. The minimum atomic E-state index is -4.85. The van der Waals surface area contributed by atoms with Crippen LogP contribution in [0, 0.1) is 5.41 Å². The van der Waals surface area contributed by atoms with Crippen molar-refractivity contribution in [2.45, 2.75) is 33.0 Å². The van der Waals surface area contributed by atoms with Crippen molar-refractivity contribution in [3.05, 3.63) is 90.3 Å². The molecule has 0 aliphatic heterocycles. The maximum atomic E-state index is 12.2. The number of fused-ring (bicyclic) bond motifs is 3. The summed E-state index contributed by atoms with van der Waals surface area (Å²) in [7, 11) is 2.41. The molecule has 412 valence electrons. The third kappa shape index (κ3) is 21.9. The van der Waals surface area contributed by atoms with Crippen LogP contribution in [0.4, 0.5) is 64.1 Å². The van der Waals surface area contributed by atoms with Crippen LogP contribution in [-0.4, -0.2) is 102 Å². The summed E-state index contributed by atoms with van der Waals surface area (Å²) in [5.74, 6) is -5.19. The summed E-state index contributed by atoms with van der Waals surface area (Å²) in [6.45, 7) is 0. The van der Waals surface area contributed by atoms with Gasteiger partial charge in [-0.25, -0.2) is 24.5 Å². The van der Waals surface area contributed by atoms with Crippen LogP contribution in [0.3, 0.4) is 0 Å². The second kappa shape index (κ2) is 27.3. The van der Waals surface area contributed by atoms with E-state index in [4.69, 9.17) is 91.6 Å². The fraction of sp³-hybridized carbons (Fsp3) is 0.211. The number of hydrogen-bond acceptors (Lipinski definition) is 15. The number of carbonyl (C=O) groups excluding carboxylic acids is 1. The first-order valence-corrected chi connectivity index (χ1v) is 20.8. The van der Waals surface area contributed by atoms with Gasteiger partial charge in [0.15, 0.2) is 28.8 Å². The average molecular weight is 1220 g/mol. The van der Waals surface area contributed by atoms with Gasteiger partial charge in [-0.2, -0.15) is 0 Å². The average Bonchev–Trinajstić information content (AvgIpc) is 4.02. The van der Waals surface area contributed by atoms with Gasteiger partial charge in [0.2, 0.25) is 21.3 Å². The number of ether oxygens (including phenoxy) is 6. The van der Waals surface area contributed by atoms with Crippen LogP contribution < -0.4 is 49.3 Å². The van der Waals surface area contributed by atoms with Gasteiger partial charge in [0.05, 0.1) is 42.1 Å². The van der Waals surface area contributed by atoms with Gasteiger partial charge in [-0.3, -0.25) is 5.41 Å². The van der Waals surface area contributed by atoms with Crippen molar-refractivity contribution in [1.29, 1.82) is 5.41 Å². The molecule has 7 rings (SSSR count). The number of hydrogen-bond donors (Lipinski definition) is 7. The molecule has 0 saturated heterocycles. The topological polar surface area (TPSA) is 302 Å². The first kappa shape index (κ1) is 68.0. The second-order valence-corrected chi connectivity index (χ2v) is 17.6. The summed E-state index contributed by atoms with van der Waals surface area (Å²) in [6, 6.07) is 15.5. The molecule has 0 saturated carbocycles. The molecule has 38 heteroatoms. The Morgan fingerprint density at radius 3 is 1.24 bits per heavy atom. The van der Waals surface area contributed by atoms with Gasteiger partial charge in [0, 0.05) is 0 Å². The largest absolute Gasteiger partial charge is 1.00 e. The van der Waals surface area contributed by atoms with Gasteiger partial charge in [0.1, 0.15) is 16.6 Å². The number of aromatic carboxylic acids is 1. The van der Waals surface area contributed by atoms with Crippen molar-refractivity contribution in [3.8, 4) is 23.0 Å². The molecule has 7 aromatic rings. The van der Waals surface area contributed by atoms with Crippen molar-refractivity contribution < 1.29 is 120 Å². The number of anilines is 2. The smallest absolute Gasteiger partial charge is 0.870 e. The Morgan fingerprint density at radius 2 is 0.895 bits per heavy atom. The summed E-state index contributed by atoms with van der Waals surface area (Å²) >= 11 is 32.3. The van der Waals surface area contributed by atoms with Crippen molar-refractivity contribution in [3.63, 3.8) is 0 Å². The van der Waals surface area contributed by atoms with Crippen LogP contribution in [-0.2, 0) is 13.3 Å². The number of carboxylic acid groups (broad SMARTS) is 1. The number of aromatic amines is 3. The molecule has 0 atom stereocenters. The molecule has 19 nitrogen and oxygen atoms in total. The Balaban J connectivity index is 0.000000482. The Labute approximate surface area is 457 Å². The number of nitrogens with one attached hydrogen (secondary N) is 4. The summed E-state index contributed by atoms with van der Waals surface area (Å²) in [5, 5.41) is 15.4. The predicted octanol–water partition coefficient (Wildman–Crippen LogP) is 9.25. The molecule has 0 radical (unpaired) electrons. The summed E-state index contributed by atoms with van der Waals surface area (Å²) in [4.78, 5) is 40.3. The number of nitrogens with two attached hydrogens (primary N) is 2. The molecule has 3 heterocycles. The Morgan fingerprint density at radius 1 is 0.553 bits per heavy atom. The molecule has 0 aliphatic carbocycles. The monoisotopic (exact) mass is 1220 g/mol. The zero-order chi connectivity index (χ0) is 56.4. The number of nitrogen functional groups attached to an aromatic ring is 2. The minimum Gasteiger partial charge on any atom is -0.870 e. The number of methoxy groups -OCH3 is 2. The van der Waals surface area contributed by atoms with E-state index >= 15 is 0 Å². The molecule has 10 N–H and O–H groups in total.